The Kier molecular flexibility index (Phi) is 4.93. The minimum atomic E-state index is 0.190. The van der Waals surface area contributed by atoms with E-state index >= 15 is 0 Å². The summed E-state index contributed by atoms with van der Waals surface area (Å²) in [5, 5.41) is 0. The number of aryl methyl sites for hydroxylation is 1. The van der Waals surface area contributed by atoms with Crippen LogP contribution in [0.25, 0.3) is 0 Å². The maximum absolute atomic E-state index is 13.0. The molecule has 4 rings (SSSR count). The van der Waals surface area contributed by atoms with Gasteiger partial charge in [0.05, 0.1) is 4.88 Å². The summed E-state index contributed by atoms with van der Waals surface area (Å²) in [6.45, 7) is 10.0. The summed E-state index contributed by atoms with van der Waals surface area (Å²) in [6.07, 6.45) is 7.00. The van der Waals surface area contributed by atoms with E-state index in [1.54, 1.807) is 23.7 Å². The molecule has 1 aliphatic carbocycles. The van der Waals surface area contributed by atoms with Crippen molar-refractivity contribution in [2.75, 3.05) is 31.1 Å². The molecule has 27 heavy (non-hydrogen) atoms. The lowest BCUT2D eigenvalue weighted by Crippen LogP contribution is -2.49. The molecule has 2 aromatic heterocycles. The van der Waals surface area contributed by atoms with Gasteiger partial charge < -0.3 is 9.80 Å². The lowest BCUT2D eigenvalue weighted by molar-refractivity contribution is 0.0751. The van der Waals surface area contributed by atoms with E-state index in [9.17, 15) is 4.79 Å². The zero-order valence-corrected chi connectivity index (χ0v) is 17.3. The van der Waals surface area contributed by atoms with E-state index in [0.717, 1.165) is 49.8 Å². The number of fused-ring (bicyclic) bond motifs is 1. The Labute approximate surface area is 165 Å². The predicted octanol–water partition coefficient (Wildman–Crippen LogP) is 3.65. The van der Waals surface area contributed by atoms with E-state index in [2.05, 4.69) is 41.7 Å². The van der Waals surface area contributed by atoms with Crippen molar-refractivity contribution in [3.8, 4) is 0 Å². The molecule has 5 nitrogen and oxygen atoms in total. The lowest BCUT2D eigenvalue weighted by Gasteiger charge is -2.34. The lowest BCUT2D eigenvalue weighted by atomic mass is 9.72. The van der Waals surface area contributed by atoms with Crippen LogP contribution in [0.15, 0.2) is 24.5 Å². The second-order valence-electron chi connectivity index (χ2n) is 8.69. The van der Waals surface area contributed by atoms with Crippen molar-refractivity contribution in [1.82, 2.24) is 14.9 Å². The number of thiophene rings is 1. The van der Waals surface area contributed by atoms with Crippen molar-refractivity contribution in [3.63, 3.8) is 0 Å². The fraction of sp³-hybridized carbons (Fsp3) is 0.571. The van der Waals surface area contributed by atoms with Crippen molar-refractivity contribution < 1.29 is 4.79 Å². The molecule has 1 aliphatic heterocycles. The second-order valence-corrected chi connectivity index (χ2v) is 9.83. The Bertz CT molecular complexity index is 803. The highest BCUT2D eigenvalue weighted by Crippen LogP contribution is 2.40. The fourth-order valence-electron chi connectivity index (χ4n) is 4.09. The summed E-state index contributed by atoms with van der Waals surface area (Å²) < 4.78 is 0. The van der Waals surface area contributed by atoms with Crippen LogP contribution in [0.3, 0.4) is 0 Å². The van der Waals surface area contributed by atoms with Gasteiger partial charge in [0.25, 0.3) is 5.91 Å². The Hall–Kier alpha value is -1.95. The van der Waals surface area contributed by atoms with Gasteiger partial charge in [0.15, 0.2) is 0 Å². The van der Waals surface area contributed by atoms with E-state index in [1.807, 2.05) is 11.0 Å². The van der Waals surface area contributed by atoms with Crippen LogP contribution >= 0.6 is 11.3 Å². The highest BCUT2D eigenvalue weighted by Gasteiger charge is 2.31. The Morgan fingerprint density at radius 3 is 2.52 bits per heavy atom. The molecule has 0 bridgehead atoms. The first-order chi connectivity index (χ1) is 12.9. The summed E-state index contributed by atoms with van der Waals surface area (Å²) in [5.41, 5.74) is 1.74. The summed E-state index contributed by atoms with van der Waals surface area (Å²) in [6, 6.07) is 4.00. The van der Waals surface area contributed by atoms with Crippen molar-refractivity contribution in [2.24, 2.45) is 11.3 Å². The molecule has 144 valence electrons. The van der Waals surface area contributed by atoms with Crippen molar-refractivity contribution in [1.29, 1.82) is 0 Å². The number of rotatable bonds is 2. The van der Waals surface area contributed by atoms with Gasteiger partial charge in [0.2, 0.25) is 5.95 Å². The largest absolute Gasteiger partial charge is 0.337 e. The summed E-state index contributed by atoms with van der Waals surface area (Å²) in [5.74, 6) is 1.65. The van der Waals surface area contributed by atoms with E-state index in [0.29, 0.717) is 11.3 Å². The smallest absolute Gasteiger partial charge is 0.264 e. The molecule has 1 saturated heterocycles. The van der Waals surface area contributed by atoms with Crippen LogP contribution in [0, 0.1) is 11.3 Å². The minimum absolute atomic E-state index is 0.190. The third-order valence-electron chi connectivity index (χ3n) is 5.92. The molecule has 1 amide bonds. The highest BCUT2D eigenvalue weighted by molar-refractivity contribution is 7.14. The van der Waals surface area contributed by atoms with Crippen LogP contribution in [0.2, 0.25) is 0 Å². The summed E-state index contributed by atoms with van der Waals surface area (Å²) in [4.78, 5) is 28.1. The first-order valence-electron chi connectivity index (χ1n) is 9.84. The molecule has 1 unspecified atom stereocenters. The van der Waals surface area contributed by atoms with Crippen molar-refractivity contribution in [2.45, 2.75) is 40.0 Å². The van der Waals surface area contributed by atoms with Crippen LogP contribution in [0.4, 0.5) is 5.95 Å². The maximum Gasteiger partial charge on any atom is 0.264 e. The molecule has 0 spiro atoms. The van der Waals surface area contributed by atoms with E-state index < -0.39 is 0 Å². The standard InChI is InChI=1S/C21H28N4OS/c1-21(2,3)16-5-6-17-15(13-16)14-18(27-17)19(26)24-9-11-25(12-10-24)20-22-7-4-8-23-20/h4,7-8,14,16H,5-6,9-13H2,1-3H3. The molecule has 2 aromatic rings. The van der Waals surface area contributed by atoms with Crippen LogP contribution in [-0.2, 0) is 12.8 Å². The van der Waals surface area contributed by atoms with Gasteiger partial charge in [0, 0.05) is 43.4 Å². The number of amides is 1. The predicted molar refractivity (Wildman–Crippen MR) is 109 cm³/mol. The van der Waals surface area contributed by atoms with Crippen LogP contribution < -0.4 is 4.90 Å². The molecule has 6 heteroatoms. The number of carbonyl (C=O) groups excluding carboxylic acids is 1. The average Bonchev–Trinajstić information content (AvgIpc) is 3.11. The number of anilines is 1. The van der Waals surface area contributed by atoms with E-state index in [4.69, 9.17) is 0 Å². The molecule has 2 aliphatic rings. The molecule has 1 fully saturated rings. The molecular formula is C21H28N4OS. The molecule has 0 N–H and O–H groups in total. The second kappa shape index (κ2) is 7.23. The van der Waals surface area contributed by atoms with Crippen LogP contribution in [-0.4, -0.2) is 47.0 Å². The zero-order valence-electron chi connectivity index (χ0n) is 16.4. The summed E-state index contributed by atoms with van der Waals surface area (Å²) in [7, 11) is 0. The third kappa shape index (κ3) is 3.86. The van der Waals surface area contributed by atoms with Gasteiger partial charge in [-0.05, 0) is 48.3 Å². The quantitative estimate of drug-likeness (QED) is 0.793. The van der Waals surface area contributed by atoms with Gasteiger partial charge in [-0.1, -0.05) is 20.8 Å². The van der Waals surface area contributed by atoms with Gasteiger partial charge in [-0.25, -0.2) is 9.97 Å². The Morgan fingerprint density at radius 2 is 1.85 bits per heavy atom. The first kappa shape index (κ1) is 18.4. The maximum atomic E-state index is 13.0. The summed E-state index contributed by atoms with van der Waals surface area (Å²) >= 11 is 1.72. The number of hydrogen-bond acceptors (Lipinski definition) is 5. The molecule has 1 atom stereocenters. The normalized spacial score (nSPS) is 20.5. The topological polar surface area (TPSA) is 49.3 Å². The monoisotopic (exact) mass is 384 g/mol. The number of carbonyl (C=O) groups is 1. The zero-order chi connectivity index (χ0) is 19.0. The molecule has 3 heterocycles. The molecular weight excluding hydrogens is 356 g/mol. The number of piperazine rings is 1. The Morgan fingerprint density at radius 1 is 1.15 bits per heavy atom. The number of hydrogen-bond donors (Lipinski definition) is 0. The van der Waals surface area contributed by atoms with Crippen molar-refractivity contribution in [3.05, 3.63) is 39.8 Å². The molecule has 0 saturated carbocycles. The third-order valence-corrected chi connectivity index (χ3v) is 7.15. The number of nitrogens with zero attached hydrogens (tertiary/aromatic N) is 4. The van der Waals surface area contributed by atoms with Gasteiger partial charge in [-0.15, -0.1) is 11.3 Å². The minimum Gasteiger partial charge on any atom is -0.337 e. The Balaban J connectivity index is 1.41. The van der Waals surface area contributed by atoms with E-state index in [-0.39, 0.29) is 5.91 Å². The van der Waals surface area contributed by atoms with Crippen molar-refractivity contribution >= 4 is 23.2 Å². The first-order valence-corrected chi connectivity index (χ1v) is 10.7. The van der Waals surface area contributed by atoms with Gasteiger partial charge in [-0.3, -0.25) is 4.79 Å². The van der Waals surface area contributed by atoms with Gasteiger partial charge in [-0.2, -0.15) is 0 Å². The van der Waals surface area contributed by atoms with E-state index in [1.165, 1.54) is 16.9 Å². The van der Waals surface area contributed by atoms with Crippen LogP contribution in [0.5, 0.6) is 0 Å². The molecule has 0 aromatic carbocycles. The molecule has 0 radical (unpaired) electrons. The van der Waals surface area contributed by atoms with Gasteiger partial charge >= 0.3 is 0 Å². The average molecular weight is 385 g/mol. The highest BCUT2D eigenvalue weighted by atomic mass is 32.1. The fourth-order valence-corrected chi connectivity index (χ4v) is 5.26. The number of aromatic nitrogens is 2. The van der Waals surface area contributed by atoms with Crippen LogP contribution in [0.1, 0.15) is 47.3 Å². The van der Waals surface area contributed by atoms with Gasteiger partial charge in [0.1, 0.15) is 0 Å². The SMILES string of the molecule is CC(C)(C)C1CCc2sc(C(=O)N3CCN(c4ncccn4)CC3)cc2C1.